The number of halogens is 1. The fourth-order valence-corrected chi connectivity index (χ4v) is 6.24. The topological polar surface area (TPSA) is 65.3 Å². The van der Waals surface area contributed by atoms with E-state index < -0.39 is 0 Å². The summed E-state index contributed by atoms with van der Waals surface area (Å²) in [7, 11) is 0. The van der Waals surface area contributed by atoms with Crippen molar-refractivity contribution in [2.45, 2.75) is 13.5 Å². The minimum atomic E-state index is -0.280. The van der Waals surface area contributed by atoms with Crippen LogP contribution in [0.3, 0.4) is 0 Å². The molecule has 0 aliphatic rings. The number of para-hydroxylation sites is 2. The number of hydrogen-bond donors (Lipinski definition) is 0. The van der Waals surface area contributed by atoms with E-state index >= 15 is 0 Å². The van der Waals surface area contributed by atoms with Crippen molar-refractivity contribution in [3.63, 3.8) is 0 Å². The average molecular weight is 593 g/mol. The Morgan fingerprint density at radius 1 is 0.818 bits per heavy atom. The first-order valence-electron chi connectivity index (χ1n) is 14.4. The molecule has 0 bridgehead atoms. The van der Waals surface area contributed by atoms with Crippen molar-refractivity contribution in [2.24, 2.45) is 5.10 Å². The Kier molecular flexibility index (Phi) is 6.17. The zero-order valence-corrected chi connectivity index (χ0v) is 24.5. The first-order chi connectivity index (χ1) is 21.5. The quantitative estimate of drug-likeness (QED) is 0.188. The van der Waals surface area contributed by atoms with E-state index in [1.807, 2.05) is 48.5 Å². The van der Waals surface area contributed by atoms with Gasteiger partial charge in [0.05, 0.1) is 17.1 Å². The average Bonchev–Trinajstić information content (AvgIpc) is 3.58. The highest BCUT2D eigenvalue weighted by Gasteiger charge is 2.18. The lowest BCUT2D eigenvalue weighted by molar-refractivity contribution is 0.616. The summed E-state index contributed by atoms with van der Waals surface area (Å²) in [5.74, 6) is 0.742. The molecule has 212 valence electrons. The van der Waals surface area contributed by atoms with E-state index in [4.69, 9.17) is 26.1 Å². The van der Waals surface area contributed by atoms with Crippen LogP contribution in [0.25, 0.3) is 55.1 Å². The number of aromatic nitrogens is 3. The van der Waals surface area contributed by atoms with Crippen molar-refractivity contribution in [1.29, 1.82) is 0 Å². The van der Waals surface area contributed by atoms with Gasteiger partial charge >= 0.3 is 0 Å². The summed E-state index contributed by atoms with van der Waals surface area (Å²) in [6.07, 6.45) is 1.76. The van der Waals surface area contributed by atoms with Gasteiger partial charge in [-0.15, -0.1) is 0 Å². The van der Waals surface area contributed by atoms with Crippen LogP contribution in [0, 0.1) is 6.92 Å². The van der Waals surface area contributed by atoms with Gasteiger partial charge in [0.25, 0.3) is 5.56 Å². The maximum atomic E-state index is 13.9. The highest BCUT2D eigenvalue weighted by molar-refractivity contribution is 6.31. The van der Waals surface area contributed by atoms with Crippen molar-refractivity contribution >= 4 is 61.4 Å². The number of fused-ring (bicyclic) bond motifs is 4. The molecule has 0 spiro atoms. The van der Waals surface area contributed by atoms with Crippen LogP contribution < -0.4 is 5.56 Å². The second-order valence-corrected chi connectivity index (χ2v) is 11.3. The van der Waals surface area contributed by atoms with Gasteiger partial charge in [0.1, 0.15) is 5.58 Å². The second-order valence-electron chi connectivity index (χ2n) is 10.8. The normalized spacial score (nSPS) is 12.0. The van der Waals surface area contributed by atoms with Crippen LogP contribution in [0.4, 0.5) is 0 Å². The number of benzene rings is 5. The van der Waals surface area contributed by atoms with E-state index in [-0.39, 0.29) is 5.56 Å². The predicted molar refractivity (Wildman–Crippen MR) is 179 cm³/mol. The predicted octanol–water partition coefficient (Wildman–Crippen LogP) is 8.81. The monoisotopic (exact) mass is 592 g/mol. The molecule has 5 aromatic carbocycles. The molecule has 0 unspecified atom stereocenters. The highest BCUT2D eigenvalue weighted by Crippen LogP contribution is 2.30. The fraction of sp³-hybridized carbons (Fsp3) is 0.0541. The third-order valence-corrected chi connectivity index (χ3v) is 8.48. The van der Waals surface area contributed by atoms with Gasteiger partial charge in [-0.1, -0.05) is 84.4 Å². The molecular weight excluding hydrogens is 568 g/mol. The summed E-state index contributed by atoms with van der Waals surface area (Å²) in [5, 5.41) is 10.2. The van der Waals surface area contributed by atoms with Gasteiger partial charge in [-0.2, -0.15) is 9.78 Å². The highest BCUT2D eigenvalue weighted by atomic mass is 35.5. The minimum Gasteiger partial charge on any atom is -0.453 e. The lowest BCUT2D eigenvalue weighted by Crippen LogP contribution is -2.20. The van der Waals surface area contributed by atoms with Crippen molar-refractivity contribution in [2.75, 3.05) is 0 Å². The van der Waals surface area contributed by atoms with Crippen molar-refractivity contribution in [3.8, 4) is 11.6 Å². The van der Waals surface area contributed by atoms with Crippen LogP contribution in [0.5, 0.6) is 0 Å². The third-order valence-electron chi connectivity index (χ3n) is 8.24. The van der Waals surface area contributed by atoms with E-state index in [0.717, 1.165) is 27.5 Å². The lowest BCUT2D eigenvalue weighted by Gasteiger charge is -2.11. The molecule has 0 atom stereocenters. The maximum absolute atomic E-state index is 13.9. The Bertz CT molecular complexity index is 2480. The van der Waals surface area contributed by atoms with Crippen molar-refractivity contribution in [3.05, 3.63) is 147 Å². The summed E-state index contributed by atoms with van der Waals surface area (Å²) in [6, 6.07) is 37.7. The van der Waals surface area contributed by atoms with E-state index in [1.54, 1.807) is 18.3 Å². The van der Waals surface area contributed by atoms with Crippen LogP contribution in [0.15, 0.2) is 130 Å². The maximum Gasteiger partial charge on any atom is 0.282 e. The SMILES string of the molecule is Cc1c(C=Nn2c(-c3cc4cc(Cl)ccc4o3)nc3ccccc3c2=O)c2ccccc2n1Cc1cccc2ccccc12. The third kappa shape index (κ3) is 4.31. The number of hydrogen-bond acceptors (Lipinski definition) is 4. The van der Waals surface area contributed by atoms with Gasteiger partial charge < -0.3 is 8.98 Å². The molecular formula is C37H25ClN4O2. The van der Waals surface area contributed by atoms with Crippen LogP contribution in [0.1, 0.15) is 16.8 Å². The van der Waals surface area contributed by atoms with E-state index in [9.17, 15) is 4.79 Å². The molecule has 0 aliphatic heterocycles. The molecule has 7 heteroatoms. The molecule has 0 radical (unpaired) electrons. The molecule has 44 heavy (non-hydrogen) atoms. The molecule has 0 N–H and O–H groups in total. The van der Waals surface area contributed by atoms with Crippen LogP contribution >= 0.6 is 11.6 Å². The number of rotatable bonds is 5. The van der Waals surface area contributed by atoms with Crippen LogP contribution in [-0.4, -0.2) is 20.4 Å². The first kappa shape index (κ1) is 26.2. The van der Waals surface area contributed by atoms with Crippen molar-refractivity contribution < 1.29 is 4.42 Å². The Hall–Kier alpha value is -5.46. The van der Waals surface area contributed by atoms with Crippen molar-refractivity contribution in [1.82, 2.24) is 14.2 Å². The van der Waals surface area contributed by atoms with Gasteiger partial charge in [0.15, 0.2) is 5.76 Å². The summed E-state index contributed by atoms with van der Waals surface area (Å²) in [4.78, 5) is 18.7. The molecule has 3 heterocycles. The molecule has 3 aromatic heterocycles. The summed E-state index contributed by atoms with van der Waals surface area (Å²) < 4.78 is 9.79. The molecule has 8 aromatic rings. The van der Waals surface area contributed by atoms with E-state index in [1.165, 1.54) is 21.0 Å². The standard InChI is InChI=1S/C37H25ClN4O2/c1-23-31(29-13-5-7-16-33(29)41(23)22-25-11-8-10-24-9-2-3-12-28(24)25)21-39-42-36(40-32-15-6-4-14-30(32)37(42)43)35-20-26-19-27(38)17-18-34(26)44-35/h2-21H,22H2,1H3. The Labute approximate surface area is 257 Å². The molecule has 0 saturated carbocycles. The van der Waals surface area contributed by atoms with Gasteiger partial charge in [-0.3, -0.25) is 4.79 Å². The Balaban J connectivity index is 1.30. The zero-order valence-electron chi connectivity index (χ0n) is 23.7. The minimum absolute atomic E-state index is 0.280. The fourth-order valence-electron chi connectivity index (χ4n) is 6.06. The molecule has 6 nitrogen and oxygen atoms in total. The molecule has 0 aliphatic carbocycles. The first-order valence-corrected chi connectivity index (χ1v) is 14.7. The van der Waals surface area contributed by atoms with Gasteiger partial charge in [0, 0.05) is 39.1 Å². The summed E-state index contributed by atoms with van der Waals surface area (Å²) in [6.45, 7) is 2.80. The zero-order chi connectivity index (χ0) is 29.8. The van der Waals surface area contributed by atoms with Crippen LogP contribution in [0.2, 0.25) is 5.02 Å². The smallest absolute Gasteiger partial charge is 0.282 e. The molecule has 0 saturated heterocycles. The summed E-state index contributed by atoms with van der Waals surface area (Å²) in [5.41, 5.74) is 5.25. The second kappa shape index (κ2) is 10.4. The van der Waals surface area contributed by atoms with E-state index in [0.29, 0.717) is 39.6 Å². The summed E-state index contributed by atoms with van der Waals surface area (Å²) >= 11 is 6.23. The number of nitrogens with zero attached hydrogens (tertiary/aromatic N) is 4. The largest absolute Gasteiger partial charge is 0.453 e. The molecule has 0 amide bonds. The molecule has 0 fully saturated rings. The van der Waals surface area contributed by atoms with Gasteiger partial charge in [-0.25, -0.2) is 4.98 Å². The Morgan fingerprint density at radius 3 is 2.45 bits per heavy atom. The Morgan fingerprint density at radius 2 is 1.57 bits per heavy atom. The molecule has 8 rings (SSSR count). The van der Waals surface area contributed by atoms with Crippen LogP contribution in [-0.2, 0) is 6.54 Å². The van der Waals surface area contributed by atoms with E-state index in [2.05, 4.69) is 66.1 Å². The number of furan rings is 1. The van der Waals surface area contributed by atoms with Gasteiger partial charge in [-0.05, 0) is 65.7 Å². The lowest BCUT2D eigenvalue weighted by atomic mass is 10.0. The van der Waals surface area contributed by atoms with Gasteiger partial charge in [0.2, 0.25) is 5.82 Å².